The predicted octanol–water partition coefficient (Wildman–Crippen LogP) is 16.6. The molecule has 6 fully saturated rings. The fraction of sp³-hybridized carbons (Fsp3) is 0.567. The van der Waals surface area contributed by atoms with Crippen molar-refractivity contribution in [1.29, 1.82) is 0 Å². The van der Waals surface area contributed by atoms with E-state index in [2.05, 4.69) is 157 Å². The van der Waals surface area contributed by atoms with Crippen LogP contribution in [-0.2, 0) is 36.8 Å². The van der Waals surface area contributed by atoms with E-state index in [-0.39, 0.29) is 45.8 Å². The number of hydrogen-bond donors (Lipinski definition) is 9. The van der Waals surface area contributed by atoms with Crippen molar-refractivity contribution >= 4 is 95.3 Å². The van der Waals surface area contributed by atoms with Crippen molar-refractivity contribution in [3.8, 4) is 0 Å². The molecule has 0 saturated heterocycles. The second-order valence-corrected chi connectivity index (χ2v) is 38.0. The molecule has 0 bridgehead atoms. The Balaban J connectivity index is 0.000000134. The van der Waals surface area contributed by atoms with Gasteiger partial charge in [0.1, 0.15) is 70.9 Å². The van der Waals surface area contributed by atoms with Gasteiger partial charge >= 0.3 is 6.18 Å². The summed E-state index contributed by atoms with van der Waals surface area (Å²) in [6.45, 7) is 21.1. The topological polar surface area (TPSA) is 327 Å². The fourth-order valence-corrected chi connectivity index (χ4v) is 21.0. The average Bonchev–Trinajstić information content (AvgIpc) is 1.63. The van der Waals surface area contributed by atoms with Crippen molar-refractivity contribution in [2.45, 2.75) is 262 Å². The van der Waals surface area contributed by atoms with Crippen molar-refractivity contribution in [3.63, 3.8) is 0 Å². The molecule has 0 amide bonds. The third-order valence-corrected chi connectivity index (χ3v) is 27.8. The Morgan fingerprint density at radius 3 is 1.25 bits per heavy atom. The highest BCUT2D eigenvalue weighted by molar-refractivity contribution is 6.32. The molecule has 6 aliphatic carbocycles. The molecule has 3 aromatic carbocycles. The van der Waals surface area contributed by atoms with E-state index in [1.807, 2.05) is 36.8 Å². The van der Waals surface area contributed by atoms with Crippen LogP contribution in [0.15, 0.2) is 98.2 Å². The van der Waals surface area contributed by atoms with Gasteiger partial charge in [0.15, 0.2) is 0 Å². The summed E-state index contributed by atoms with van der Waals surface area (Å²) in [4.78, 5) is 57.2. The Morgan fingerprint density at radius 2 is 0.850 bits per heavy atom. The summed E-state index contributed by atoms with van der Waals surface area (Å²) >= 11 is 6.07. The molecule has 12 N–H and O–H groups in total. The van der Waals surface area contributed by atoms with E-state index in [4.69, 9.17) is 33.8 Å². The number of nitrogen functional groups attached to an aromatic ring is 3. The molecule has 9 aromatic heterocycles. The summed E-state index contributed by atoms with van der Waals surface area (Å²) in [5, 5.41) is 35.4. The molecule has 0 unspecified atom stereocenters. The molecule has 0 radical (unpaired) electrons. The predicted molar refractivity (Wildman–Crippen MR) is 461 cm³/mol. The number of fused-ring (bicyclic) bond motifs is 6. The monoisotopic (exact) mass is 1670 g/mol. The quantitative estimate of drug-likeness (QED) is 0.0254. The van der Waals surface area contributed by atoms with Gasteiger partial charge in [-0.2, -0.15) is 13.2 Å². The smallest absolute Gasteiger partial charge is 0.391 e. The summed E-state index contributed by atoms with van der Waals surface area (Å²) in [5.41, 5.74) is 25.8. The molecule has 30 heteroatoms. The van der Waals surface area contributed by atoms with Crippen LogP contribution in [0.25, 0.3) is 66.2 Å². The third kappa shape index (κ3) is 18.0. The van der Waals surface area contributed by atoms with Crippen LogP contribution in [-0.4, -0.2) is 179 Å². The lowest BCUT2D eigenvalue weighted by atomic mass is 9.76. The lowest BCUT2D eigenvalue weighted by Crippen LogP contribution is -2.49. The molecule has 24 nitrogen and oxygen atoms in total. The molecule has 642 valence electrons. The number of anilines is 3. The van der Waals surface area contributed by atoms with Gasteiger partial charge in [-0.25, -0.2) is 53.6 Å². The number of H-pyrrole nitrogens is 3. The lowest BCUT2D eigenvalue weighted by molar-refractivity contribution is -0.138. The Hall–Kier alpha value is -8.97. The first kappa shape index (κ1) is 84.6. The number of nitrogens with zero attached hydrogens (tertiary/aromatic N) is 15. The van der Waals surface area contributed by atoms with E-state index in [0.717, 1.165) is 196 Å². The van der Waals surface area contributed by atoms with Gasteiger partial charge in [0.05, 0.1) is 96.3 Å². The largest absolute Gasteiger partial charge is 0.416 e. The number of alkyl halides is 5. The third-order valence-electron chi connectivity index (χ3n) is 27.5. The molecule has 6 aliphatic rings. The summed E-state index contributed by atoms with van der Waals surface area (Å²) in [6.07, 6.45) is 22.5. The number of aromatic amines is 3. The molecule has 0 aliphatic heterocycles. The molecular formula is C90H117ClF5N21O3. The summed E-state index contributed by atoms with van der Waals surface area (Å²) in [5.74, 6) is 4.27. The van der Waals surface area contributed by atoms with Crippen LogP contribution >= 0.6 is 11.6 Å². The van der Waals surface area contributed by atoms with Gasteiger partial charge in [-0.05, 0) is 245 Å². The average molecular weight is 1670 g/mol. The van der Waals surface area contributed by atoms with Crippen molar-refractivity contribution < 1.29 is 37.3 Å². The Bertz CT molecular complexity index is 5590. The number of aromatic nitrogens is 15. The number of nitrogens with two attached hydrogens (primary N) is 3. The molecule has 6 saturated carbocycles. The van der Waals surface area contributed by atoms with Crippen molar-refractivity contribution in [2.24, 2.45) is 35.5 Å². The highest BCUT2D eigenvalue weighted by Gasteiger charge is 2.44. The summed E-state index contributed by atoms with van der Waals surface area (Å²) in [6, 6.07) is 20.6. The fourth-order valence-electron chi connectivity index (χ4n) is 20.7. The minimum absolute atomic E-state index is 0.0114. The highest BCUT2D eigenvalue weighted by Crippen LogP contribution is 2.47. The van der Waals surface area contributed by atoms with Crippen LogP contribution in [0.4, 0.5) is 39.4 Å². The number of halogens is 6. The molecule has 120 heavy (non-hydrogen) atoms. The van der Waals surface area contributed by atoms with Gasteiger partial charge in [0.25, 0.3) is 5.92 Å². The maximum absolute atomic E-state index is 13.8. The van der Waals surface area contributed by atoms with E-state index in [1.54, 1.807) is 6.07 Å². The Kier molecular flexibility index (Phi) is 24.0. The molecule has 9 heterocycles. The summed E-state index contributed by atoms with van der Waals surface area (Å²) < 4.78 is 73.7. The normalized spacial score (nSPS) is 25.4. The summed E-state index contributed by atoms with van der Waals surface area (Å²) in [7, 11) is 2.18. The number of hydrogen-bond acceptors (Lipinski definition) is 18. The van der Waals surface area contributed by atoms with Crippen LogP contribution in [0.2, 0.25) is 5.02 Å². The van der Waals surface area contributed by atoms with Gasteiger partial charge < -0.3 is 66.1 Å². The SMILES string of the molecule is CC(C)N(C[C@@H]1C[C@@H](O)[C@H](n2ccc3c(N)ncnc32)C1)C1CC(CCc2nc3ccc(C(C)(C)C)cc3[nH]2)C1.CN(C[C@@H]1C[C@@H](O)[C@H](n2ccc3c(N)ncnc32)C1)C1CC(CCc2nc3cc(Cl)c(C(C)(F)F)cc3[nH]2)C1.Cc1cc2[nH]c(CCC3CC(N(C[C@@H]4C[C@@H](O)[C@H](n5ccc6c(N)ncnc65)C4)C(C)C)C3)nc2cc1C(F)(F)F. The van der Waals surface area contributed by atoms with E-state index >= 15 is 0 Å². The molecular weight excluding hydrogens is 1550 g/mol. The number of aliphatic hydroxyl groups is 3. The van der Waals surface area contributed by atoms with Crippen LogP contribution < -0.4 is 17.2 Å². The first-order chi connectivity index (χ1) is 57.1. The van der Waals surface area contributed by atoms with Crippen molar-refractivity contribution in [3.05, 3.63) is 143 Å². The standard InChI is InChI=1S/C32H45N7O.C30H38F3N7O.C28H34ClF2N7O/c1-19(2)39(17-21-14-27(28(40)15-21)38-11-10-24-30(33)34-18-35-31(24)38)23-12-20(13-23)6-9-29-36-25-8-7-22(32(3,4)5)16-26(25)37-29;1-16(2)40(14-19-11-25(26(41)12-19)39-7-6-21-28(34)35-15-36-29(21)39)20-9-18(10-20)4-5-27-37-23-8-17(3)22(30(31,32)33)13-24(23)38-27;1-28(30,31)19-11-21-22(12-20(19)29)36-25(35-21)4-3-15-7-17(8-15)37(2)13-16-9-23(24(39)10-16)38-6-5-18-26(32)33-14-34-27(18)38/h7-8,10-11,16,18-21,23,27-28,40H,6,9,12-15,17H2,1-5H3,(H,36,37)(H2,33,34,35);6-8,13,15-16,18-20,25-26,41H,4-5,9-12,14H2,1-3H3,(H,37,38)(H2,34,35,36);5-6,11-12,14-17,23-24,39H,3-4,7-10,13H2,1-2H3,(H,35,36)(H2,32,33,34)/t20?,21-,23?,27+,28+;18?,19-,20?,25+,26+;15?,16-,17?,23+,24+/m000/s1. The first-order valence-corrected chi connectivity index (χ1v) is 43.6. The number of rotatable bonds is 24. The second-order valence-electron chi connectivity index (χ2n) is 37.6. The molecule has 12 aromatic rings. The van der Waals surface area contributed by atoms with Crippen LogP contribution in [0.5, 0.6) is 0 Å². The zero-order valence-corrected chi connectivity index (χ0v) is 71.2. The van der Waals surface area contributed by atoms with Gasteiger partial charge in [-0.3, -0.25) is 9.80 Å². The van der Waals surface area contributed by atoms with Crippen LogP contribution in [0.1, 0.15) is 210 Å². The highest BCUT2D eigenvalue weighted by atomic mass is 35.5. The van der Waals surface area contributed by atoms with Crippen LogP contribution in [0, 0.1) is 42.4 Å². The lowest BCUT2D eigenvalue weighted by Gasteiger charge is -2.46. The Labute approximate surface area is 701 Å². The number of imidazole rings is 3. The number of nitrogens with one attached hydrogen (secondary N) is 3. The maximum atomic E-state index is 13.8. The van der Waals surface area contributed by atoms with E-state index in [9.17, 15) is 37.3 Å². The van der Waals surface area contributed by atoms with Crippen molar-refractivity contribution in [1.82, 2.24) is 88.2 Å². The number of aliphatic hydroxyl groups excluding tert-OH is 3. The zero-order valence-electron chi connectivity index (χ0n) is 70.5. The molecule has 9 atom stereocenters. The van der Waals surface area contributed by atoms with Gasteiger partial charge in [0, 0.05) is 100 Å². The molecule has 18 rings (SSSR count). The van der Waals surface area contributed by atoms with E-state index < -0.39 is 29.9 Å². The second kappa shape index (κ2) is 34.0. The van der Waals surface area contributed by atoms with E-state index in [0.29, 0.717) is 99.3 Å². The number of benzene rings is 3. The van der Waals surface area contributed by atoms with Gasteiger partial charge in [0.2, 0.25) is 0 Å². The number of aryl methyl sites for hydroxylation is 4. The first-order valence-electron chi connectivity index (χ1n) is 43.2. The van der Waals surface area contributed by atoms with Crippen molar-refractivity contribution in [2.75, 3.05) is 43.9 Å². The van der Waals surface area contributed by atoms with Gasteiger partial charge in [-0.15, -0.1) is 0 Å². The van der Waals surface area contributed by atoms with E-state index in [1.165, 1.54) is 62.9 Å². The maximum Gasteiger partial charge on any atom is 0.416 e. The zero-order chi connectivity index (χ0) is 84.7. The van der Waals surface area contributed by atoms with Crippen LogP contribution in [0.3, 0.4) is 0 Å². The van der Waals surface area contributed by atoms with Gasteiger partial charge in [-0.1, -0.05) is 38.4 Å². The Morgan fingerprint density at radius 1 is 0.467 bits per heavy atom. The molecule has 0 spiro atoms. The minimum atomic E-state index is -4.38. The minimum Gasteiger partial charge on any atom is -0.391 e.